The summed E-state index contributed by atoms with van der Waals surface area (Å²) >= 11 is 0. The molecule has 5 rings (SSSR count). The fourth-order valence-corrected chi connectivity index (χ4v) is 10.7. The summed E-state index contributed by atoms with van der Waals surface area (Å²) in [5, 5.41) is 5.05. The first kappa shape index (κ1) is 20.9. The number of rotatable bonds is 9. The lowest BCUT2D eigenvalue weighted by Gasteiger charge is -2.28. The Balaban J connectivity index is 1.28. The van der Waals surface area contributed by atoms with Crippen molar-refractivity contribution in [3.63, 3.8) is 0 Å². The van der Waals surface area contributed by atoms with Gasteiger partial charge in [0.1, 0.15) is 0 Å². The molecule has 0 spiro atoms. The maximum atomic E-state index is 2.54. The number of unbranched alkanes of at least 4 members (excludes halogenated alkanes) is 1. The van der Waals surface area contributed by atoms with E-state index in [0.717, 1.165) is 5.92 Å². The van der Waals surface area contributed by atoms with Crippen LogP contribution in [-0.2, 0) is 0 Å². The molecule has 0 radical (unpaired) electrons. The minimum absolute atomic E-state index is 0.152. The highest BCUT2D eigenvalue weighted by atomic mass is 31.1. The summed E-state index contributed by atoms with van der Waals surface area (Å²) in [5.41, 5.74) is 0. The van der Waals surface area contributed by atoms with Gasteiger partial charge in [-0.05, 0) is 61.3 Å². The molecule has 2 aliphatic carbocycles. The summed E-state index contributed by atoms with van der Waals surface area (Å²) in [4.78, 5) is 0. The second kappa shape index (κ2) is 9.65. The standard InChI is InChI=1S/C29H30P2/c1-4-15-26(16-5-1)30(27-17-6-2-7-18-27)22-12-13-23-31(28-19-8-3-9-20-28)29-21-11-10-14-25(29)24-29/h1-11,14-21,25H,12-13,22-24H2. The molecule has 3 aromatic rings. The SMILES string of the molecule is C1=CC2CC2(P(CCCCP(c2ccccc2)c2ccccc2)c2ccccc2)C=C1. The minimum atomic E-state index is -0.271. The van der Waals surface area contributed by atoms with Gasteiger partial charge in [-0.1, -0.05) is 123 Å². The van der Waals surface area contributed by atoms with Gasteiger partial charge in [0.15, 0.2) is 0 Å². The van der Waals surface area contributed by atoms with Crippen molar-refractivity contribution in [2.75, 3.05) is 12.3 Å². The molecule has 0 heterocycles. The van der Waals surface area contributed by atoms with Gasteiger partial charge in [-0.15, -0.1) is 0 Å². The van der Waals surface area contributed by atoms with Crippen molar-refractivity contribution < 1.29 is 0 Å². The van der Waals surface area contributed by atoms with Crippen LogP contribution in [-0.4, -0.2) is 17.5 Å². The zero-order chi connectivity index (χ0) is 20.9. The summed E-state index contributed by atoms with van der Waals surface area (Å²) < 4.78 is 0. The third-order valence-electron chi connectivity index (χ3n) is 6.59. The lowest BCUT2D eigenvalue weighted by Crippen LogP contribution is -2.19. The monoisotopic (exact) mass is 440 g/mol. The Morgan fingerprint density at radius 2 is 1.19 bits per heavy atom. The van der Waals surface area contributed by atoms with E-state index in [2.05, 4.69) is 115 Å². The molecule has 0 bridgehead atoms. The third kappa shape index (κ3) is 4.62. The van der Waals surface area contributed by atoms with Crippen molar-refractivity contribution in [2.24, 2.45) is 5.92 Å². The van der Waals surface area contributed by atoms with Crippen LogP contribution in [0.25, 0.3) is 0 Å². The fourth-order valence-electron chi connectivity index (χ4n) is 4.89. The normalized spacial score (nSPS) is 22.3. The molecule has 0 saturated heterocycles. The summed E-state index contributed by atoms with van der Waals surface area (Å²) in [7, 11) is -0.423. The average Bonchev–Trinajstić information content (AvgIpc) is 3.59. The van der Waals surface area contributed by atoms with E-state index in [1.807, 2.05) is 0 Å². The largest absolute Gasteiger partial charge is 0.0801 e. The highest BCUT2D eigenvalue weighted by Crippen LogP contribution is 2.69. The summed E-state index contributed by atoms with van der Waals surface area (Å²) in [6.07, 6.45) is 16.1. The first-order valence-electron chi connectivity index (χ1n) is 11.4. The second-order valence-corrected chi connectivity index (χ2v) is 13.6. The molecule has 3 atom stereocenters. The van der Waals surface area contributed by atoms with Gasteiger partial charge >= 0.3 is 0 Å². The Hall–Kier alpha value is -2.00. The smallest absolute Gasteiger partial charge is 0.0196 e. The molecule has 1 saturated carbocycles. The highest BCUT2D eigenvalue weighted by Gasteiger charge is 2.56. The predicted molar refractivity (Wildman–Crippen MR) is 140 cm³/mol. The molecule has 0 amide bonds. The van der Waals surface area contributed by atoms with Crippen molar-refractivity contribution in [2.45, 2.75) is 24.4 Å². The Labute approximate surface area is 189 Å². The first-order chi connectivity index (χ1) is 15.4. The summed E-state index contributed by atoms with van der Waals surface area (Å²) in [5.74, 6) is 0.773. The van der Waals surface area contributed by atoms with Crippen LogP contribution in [0.15, 0.2) is 115 Å². The van der Waals surface area contributed by atoms with Crippen molar-refractivity contribution in [3.05, 3.63) is 115 Å². The van der Waals surface area contributed by atoms with Crippen molar-refractivity contribution in [1.82, 2.24) is 0 Å². The van der Waals surface area contributed by atoms with E-state index in [1.54, 1.807) is 5.30 Å². The maximum Gasteiger partial charge on any atom is 0.0196 e. The van der Waals surface area contributed by atoms with Gasteiger partial charge in [0.25, 0.3) is 0 Å². The molecule has 0 aromatic heterocycles. The summed E-state index contributed by atoms with van der Waals surface area (Å²) in [6.45, 7) is 0. The molecule has 31 heavy (non-hydrogen) atoms. The van der Waals surface area contributed by atoms with Crippen LogP contribution in [0.5, 0.6) is 0 Å². The summed E-state index contributed by atoms with van der Waals surface area (Å²) in [6, 6.07) is 33.7. The lowest BCUT2D eigenvalue weighted by molar-refractivity contribution is 0.890. The van der Waals surface area contributed by atoms with Gasteiger partial charge in [-0.2, -0.15) is 0 Å². The van der Waals surface area contributed by atoms with Gasteiger partial charge in [0.2, 0.25) is 0 Å². The first-order valence-corrected chi connectivity index (χ1v) is 14.5. The quantitative estimate of drug-likeness (QED) is 0.260. The van der Waals surface area contributed by atoms with Gasteiger partial charge in [-0.25, -0.2) is 0 Å². The average molecular weight is 441 g/mol. The van der Waals surface area contributed by atoms with Gasteiger partial charge < -0.3 is 0 Å². The van der Waals surface area contributed by atoms with E-state index >= 15 is 0 Å². The van der Waals surface area contributed by atoms with E-state index in [1.165, 1.54) is 42.2 Å². The van der Waals surface area contributed by atoms with Crippen LogP contribution in [0.2, 0.25) is 0 Å². The molecule has 156 valence electrons. The Kier molecular flexibility index (Phi) is 6.50. The van der Waals surface area contributed by atoms with Gasteiger partial charge in [0.05, 0.1) is 0 Å². The number of hydrogen-bond acceptors (Lipinski definition) is 0. The van der Waals surface area contributed by atoms with E-state index in [4.69, 9.17) is 0 Å². The Bertz CT molecular complexity index is 987. The molecular weight excluding hydrogens is 410 g/mol. The Morgan fingerprint density at radius 3 is 1.77 bits per heavy atom. The van der Waals surface area contributed by atoms with E-state index in [9.17, 15) is 0 Å². The molecule has 2 aliphatic rings. The van der Waals surface area contributed by atoms with Crippen molar-refractivity contribution >= 4 is 31.8 Å². The van der Waals surface area contributed by atoms with E-state index < -0.39 is 0 Å². The van der Waals surface area contributed by atoms with Crippen LogP contribution < -0.4 is 15.9 Å². The topological polar surface area (TPSA) is 0 Å². The molecule has 0 N–H and O–H groups in total. The van der Waals surface area contributed by atoms with Crippen molar-refractivity contribution in [3.8, 4) is 0 Å². The number of hydrogen-bond donors (Lipinski definition) is 0. The molecule has 1 fully saturated rings. The molecular formula is C29H30P2. The molecule has 2 heteroatoms. The Morgan fingerprint density at radius 1 is 0.645 bits per heavy atom. The maximum absolute atomic E-state index is 2.54. The molecule has 0 aliphatic heterocycles. The zero-order valence-corrected chi connectivity index (χ0v) is 19.8. The zero-order valence-electron chi connectivity index (χ0n) is 18.0. The van der Waals surface area contributed by atoms with Gasteiger partial charge in [-0.3, -0.25) is 0 Å². The predicted octanol–water partition coefficient (Wildman–Crippen LogP) is 6.59. The van der Waals surface area contributed by atoms with Crippen LogP contribution in [0.4, 0.5) is 0 Å². The minimum Gasteiger partial charge on any atom is -0.0801 e. The van der Waals surface area contributed by atoms with Crippen LogP contribution >= 0.6 is 15.8 Å². The van der Waals surface area contributed by atoms with Crippen LogP contribution in [0.3, 0.4) is 0 Å². The van der Waals surface area contributed by atoms with E-state index in [0.29, 0.717) is 5.16 Å². The number of benzene rings is 3. The molecule has 3 unspecified atom stereocenters. The van der Waals surface area contributed by atoms with Crippen LogP contribution in [0.1, 0.15) is 19.3 Å². The van der Waals surface area contributed by atoms with Gasteiger partial charge in [0, 0.05) is 5.16 Å². The molecule has 3 aromatic carbocycles. The number of allylic oxidation sites excluding steroid dienone is 4. The third-order valence-corrected chi connectivity index (χ3v) is 12.5. The van der Waals surface area contributed by atoms with E-state index in [-0.39, 0.29) is 15.8 Å². The second-order valence-electron chi connectivity index (χ2n) is 8.56. The number of fused-ring (bicyclic) bond motifs is 1. The highest BCUT2D eigenvalue weighted by molar-refractivity contribution is 7.73. The molecule has 0 nitrogen and oxygen atoms in total. The van der Waals surface area contributed by atoms with Crippen molar-refractivity contribution in [1.29, 1.82) is 0 Å². The van der Waals surface area contributed by atoms with Crippen LogP contribution in [0, 0.1) is 5.92 Å². The fraction of sp³-hybridized carbons (Fsp3) is 0.241. The lowest BCUT2D eigenvalue weighted by atomic mass is 10.2.